The molecule has 0 bridgehead atoms. The number of aryl methyl sites for hydroxylation is 4. The van der Waals surface area contributed by atoms with Gasteiger partial charge < -0.3 is 9.13 Å². The molecule has 0 amide bonds. The molecule has 0 unspecified atom stereocenters. The summed E-state index contributed by atoms with van der Waals surface area (Å²) in [7, 11) is 0. The number of pyridine rings is 2. The third-order valence-corrected chi connectivity index (χ3v) is 15.5. The van der Waals surface area contributed by atoms with Crippen molar-refractivity contribution in [2.45, 2.75) is 27.7 Å². The van der Waals surface area contributed by atoms with Gasteiger partial charge in [-0.15, -0.1) is 0 Å². The Morgan fingerprint density at radius 1 is 0.284 bits per heavy atom. The number of benzene rings is 9. The Hall–Kier alpha value is -9.52. The topological polar surface area (TPSA) is 45.5 Å². The fourth-order valence-electron chi connectivity index (χ4n) is 12.3. The van der Waals surface area contributed by atoms with Gasteiger partial charge in [-0.3, -0.25) is 14.1 Å². The number of hydrogen-bond donors (Lipinski definition) is 0. The molecule has 0 saturated heterocycles. The second kappa shape index (κ2) is 16.0. The highest BCUT2D eigenvalue weighted by Gasteiger charge is 2.33. The van der Waals surface area contributed by atoms with Gasteiger partial charge in [0.05, 0.1) is 44.1 Å². The minimum absolute atomic E-state index is 0.816. The van der Waals surface area contributed by atoms with E-state index in [1.54, 1.807) is 0 Å². The van der Waals surface area contributed by atoms with Crippen molar-refractivity contribution in [1.82, 2.24) is 28.2 Å². The van der Waals surface area contributed by atoms with Crippen LogP contribution >= 0.6 is 0 Å². The fraction of sp³-hybridized carbons (Fsp3) is 0.0588. The Morgan fingerprint density at radius 3 is 0.986 bits per heavy atom. The maximum atomic E-state index is 6.44. The van der Waals surface area contributed by atoms with E-state index >= 15 is 0 Å². The van der Waals surface area contributed by atoms with E-state index in [1.165, 1.54) is 65.3 Å². The molecule has 74 heavy (non-hydrogen) atoms. The standard InChI is InChI=1S/C68H48N6/c1-41-25-29-60-52(37-41)47-16-7-11-21-56(47)71(60)65-64(51-20-6-5-15-46(51)45-33-35-69-36-34-45)66(72-57-22-12-8-17-48(57)53-38-42(2)26-30-61(53)72)68(74-59-24-14-10-19-50(59)55-40-44(4)28-32-63(55)74)70-67(65)73-58-23-13-9-18-49(58)54-39-43(3)27-31-62(54)73/h5-40H,1-4H3. The number of para-hydroxylation sites is 4. The second-order valence-electron chi connectivity index (χ2n) is 20.1. The molecule has 0 aliphatic heterocycles. The molecule has 0 fully saturated rings. The first kappa shape index (κ1) is 42.2. The molecule has 15 rings (SSSR count). The summed E-state index contributed by atoms with van der Waals surface area (Å²) in [5.74, 6) is 1.63. The van der Waals surface area contributed by atoms with Crippen LogP contribution < -0.4 is 0 Å². The Kier molecular flexibility index (Phi) is 9.12. The lowest BCUT2D eigenvalue weighted by Crippen LogP contribution is -2.16. The Labute approximate surface area is 427 Å². The summed E-state index contributed by atoms with van der Waals surface area (Å²) in [5.41, 5.74) is 19.8. The molecule has 0 saturated carbocycles. The number of aromatic nitrogens is 6. The van der Waals surface area contributed by atoms with Gasteiger partial charge in [-0.2, -0.15) is 0 Å². The van der Waals surface area contributed by atoms with E-state index in [1.807, 2.05) is 12.4 Å². The lowest BCUT2D eigenvalue weighted by atomic mass is 9.92. The molecule has 6 heterocycles. The molecule has 6 heteroatoms. The van der Waals surface area contributed by atoms with Crippen molar-refractivity contribution < 1.29 is 0 Å². The maximum absolute atomic E-state index is 6.44. The van der Waals surface area contributed by atoms with Crippen LogP contribution in [0.3, 0.4) is 0 Å². The largest absolute Gasteiger partial charge is 0.305 e. The van der Waals surface area contributed by atoms with E-state index < -0.39 is 0 Å². The number of nitrogens with zero attached hydrogens (tertiary/aromatic N) is 6. The van der Waals surface area contributed by atoms with Crippen molar-refractivity contribution >= 4 is 87.2 Å². The third-order valence-electron chi connectivity index (χ3n) is 15.5. The van der Waals surface area contributed by atoms with Crippen LogP contribution in [0.1, 0.15) is 22.3 Å². The zero-order chi connectivity index (χ0) is 49.3. The van der Waals surface area contributed by atoms with Crippen molar-refractivity contribution in [3.8, 4) is 45.3 Å². The van der Waals surface area contributed by atoms with Gasteiger partial charge in [0.1, 0.15) is 11.4 Å². The van der Waals surface area contributed by atoms with Gasteiger partial charge in [0, 0.05) is 61.0 Å². The molecule has 0 aliphatic carbocycles. The highest BCUT2D eigenvalue weighted by molar-refractivity contribution is 6.16. The van der Waals surface area contributed by atoms with E-state index in [2.05, 4.69) is 257 Å². The summed E-state index contributed by atoms with van der Waals surface area (Å²) < 4.78 is 9.96. The van der Waals surface area contributed by atoms with Gasteiger partial charge in [-0.1, -0.05) is 144 Å². The van der Waals surface area contributed by atoms with Crippen molar-refractivity contribution in [2.75, 3.05) is 0 Å². The van der Waals surface area contributed by atoms with E-state index in [9.17, 15) is 0 Å². The van der Waals surface area contributed by atoms with Crippen LogP contribution in [0.5, 0.6) is 0 Å². The first-order valence-electron chi connectivity index (χ1n) is 25.5. The van der Waals surface area contributed by atoms with Gasteiger partial charge in [0.2, 0.25) is 0 Å². The van der Waals surface area contributed by atoms with E-state index in [0.29, 0.717) is 0 Å². The summed E-state index contributed by atoms with van der Waals surface area (Å²) in [6, 6.07) is 76.3. The molecule has 0 spiro atoms. The van der Waals surface area contributed by atoms with Crippen molar-refractivity contribution in [3.63, 3.8) is 0 Å². The molecule has 0 N–H and O–H groups in total. The summed E-state index contributed by atoms with van der Waals surface area (Å²) in [6.07, 6.45) is 3.81. The zero-order valence-electron chi connectivity index (χ0n) is 41.5. The first-order valence-corrected chi connectivity index (χ1v) is 25.5. The maximum Gasteiger partial charge on any atom is 0.165 e. The highest BCUT2D eigenvalue weighted by Crippen LogP contribution is 2.50. The van der Waals surface area contributed by atoms with Crippen molar-refractivity contribution in [2.24, 2.45) is 0 Å². The smallest absolute Gasteiger partial charge is 0.165 e. The Balaban J connectivity index is 1.30. The van der Waals surface area contributed by atoms with Crippen LogP contribution in [-0.4, -0.2) is 28.2 Å². The quantitative estimate of drug-likeness (QED) is 0.167. The molecule has 6 nitrogen and oxygen atoms in total. The highest BCUT2D eigenvalue weighted by atomic mass is 15.2. The van der Waals surface area contributed by atoms with Gasteiger partial charge >= 0.3 is 0 Å². The average molecular weight is 949 g/mol. The average Bonchev–Trinajstić information content (AvgIpc) is 4.16. The summed E-state index contributed by atoms with van der Waals surface area (Å²) in [4.78, 5) is 11.0. The SMILES string of the molecule is Cc1ccc2c(c1)c1ccccc1n2-c1nc(-n2c3ccccc3c3cc(C)ccc32)c(-n2c3ccccc3c3cc(C)ccc32)c(-c2ccccc2-c2ccncc2)c1-n1c2ccccc2c2cc(C)ccc21. The molecule has 350 valence electrons. The van der Waals surface area contributed by atoms with Crippen molar-refractivity contribution in [1.29, 1.82) is 0 Å². The van der Waals surface area contributed by atoms with E-state index in [4.69, 9.17) is 4.98 Å². The minimum atomic E-state index is 0.816. The summed E-state index contributed by atoms with van der Waals surface area (Å²) in [5, 5.41) is 9.44. The fourth-order valence-corrected chi connectivity index (χ4v) is 12.3. The monoisotopic (exact) mass is 948 g/mol. The Morgan fingerprint density at radius 2 is 0.595 bits per heavy atom. The number of hydrogen-bond acceptors (Lipinski definition) is 2. The van der Waals surface area contributed by atoms with Gasteiger partial charge in [0.15, 0.2) is 11.6 Å². The van der Waals surface area contributed by atoms with Crippen LogP contribution in [0.2, 0.25) is 0 Å². The molecule has 0 aliphatic rings. The van der Waals surface area contributed by atoms with Crippen LogP contribution in [0.25, 0.3) is 132 Å². The predicted molar refractivity (Wildman–Crippen MR) is 309 cm³/mol. The lowest BCUT2D eigenvalue weighted by Gasteiger charge is -2.27. The molecule has 0 atom stereocenters. The zero-order valence-corrected chi connectivity index (χ0v) is 41.5. The van der Waals surface area contributed by atoms with Gasteiger partial charge in [-0.05, 0) is 129 Å². The summed E-state index contributed by atoms with van der Waals surface area (Å²) in [6.45, 7) is 8.76. The van der Waals surface area contributed by atoms with Gasteiger partial charge in [-0.25, -0.2) is 4.98 Å². The number of rotatable bonds is 6. The second-order valence-corrected chi connectivity index (χ2v) is 20.1. The molecule has 15 aromatic rings. The molecular formula is C68H48N6. The van der Waals surface area contributed by atoms with E-state index in [-0.39, 0.29) is 0 Å². The summed E-state index contributed by atoms with van der Waals surface area (Å²) >= 11 is 0. The lowest BCUT2D eigenvalue weighted by molar-refractivity contribution is 0.961. The minimum Gasteiger partial charge on any atom is -0.305 e. The van der Waals surface area contributed by atoms with Gasteiger partial charge in [0.25, 0.3) is 0 Å². The molecular weight excluding hydrogens is 901 g/mol. The van der Waals surface area contributed by atoms with Crippen molar-refractivity contribution in [3.05, 3.63) is 241 Å². The molecule has 6 aromatic heterocycles. The molecule has 9 aromatic carbocycles. The predicted octanol–water partition coefficient (Wildman–Crippen LogP) is 17.4. The molecule has 0 radical (unpaired) electrons. The Bertz CT molecular complexity index is 4570. The van der Waals surface area contributed by atoms with Crippen LogP contribution in [0, 0.1) is 27.7 Å². The first-order chi connectivity index (χ1) is 36.4. The van der Waals surface area contributed by atoms with Crippen LogP contribution in [0.15, 0.2) is 219 Å². The van der Waals surface area contributed by atoms with Crippen LogP contribution in [0.4, 0.5) is 0 Å². The normalized spacial score (nSPS) is 12.1. The van der Waals surface area contributed by atoms with E-state index in [0.717, 1.165) is 89.4 Å². The third kappa shape index (κ3) is 6.06. The van der Waals surface area contributed by atoms with Crippen LogP contribution in [-0.2, 0) is 0 Å². The number of fused-ring (bicyclic) bond motifs is 12.